The average Bonchev–Trinajstić information content (AvgIpc) is 2.82. The van der Waals surface area contributed by atoms with Crippen molar-refractivity contribution in [2.24, 2.45) is 0 Å². The third-order valence-corrected chi connectivity index (χ3v) is 7.57. The summed E-state index contributed by atoms with van der Waals surface area (Å²) in [6.45, 7) is 3.34. The highest BCUT2D eigenvalue weighted by atomic mass is 35.5. The molecule has 1 aliphatic rings. The topological polar surface area (TPSA) is 105 Å². The van der Waals surface area contributed by atoms with Gasteiger partial charge in [0, 0.05) is 35.0 Å². The molecule has 1 saturated heterocycles. The smallest absolute Gasteiger partial charge is 0.228 e. The van der Waals surface area contributed by atoms with Gasteiger partial charge in [0.1, 0.15) is 23.6 Å². The van der Waals surface area contributed by atoms with Crippen molar-refractivity contribution in [2.75, 3.05) is 25.9 Å². The van der Waals surface area contributed by atoms with Crippen LogP contribution in [-0.4, -0.2) is 51.0 Å². The van der Waals surface area contributed by atoms with Crippen molar-refractivity contribution in [3.8, 4) is 17.3 Å². The third kappa shape index (κ3) is 5.88. The average molecular weight is 534 g/mol. The molecule has 7 nitrogen and oxygen atoms in total. The molecule has 0 aliphatic carbocycles. The lowest BCUT2D eigenvalue weighted by Crippen LogP contribution is -2.36. The van der Waals surface area contributed by atoms with Gasteiger partial charge in [-0.25, -0.2) is 13.8 Å². The molecule has 0 radical (unpaired) electrons. The van der Waals surface area contributed by atoms with Crippen LogP contribution < -0.4 is 10.5 Å². The van der Waals surface area contributed by atoms with Gasteiger partial charge < -0.3 is 20.8 Å². The summed E-state index contributed by atoms with van der Waals surface area (Å²) < 4.78 is 47.9. The van der Waals surface area contributed by atoms with Gasteiger partial charge >= 0.3 is 0 Å². The monoisotopic (exact) mass is 533 g/mol. The lowest BCUT2D eigenvalue weighted by Gasteiger charge is -2.29. The molecule has 2 aromatic carbocycles. The van der Waals surface area contributed by atoms with Crippen molar-refractivity contribution < 1.29 is 17.7 Å². The van der Waals surface area contributed by atoms with Crippen LogP contribution >= 0.6 is 11.6 Å². The summed E-state index contributed by atoms with van der Waals surface area (Å²) in [6, 6.07) is 8.00. The molecular weight excluding hydrogens is 508 g/mol. The van der Waals surface area contributed by atoms with Crippen LogP contribution in [0.15, 0.2) is 41.3 Å². The number of nitrogens with zero attached hydrogens (tertiary/aromatic N) is 3. The minimum absolute atomic E-state index is 0.0671. The molecule has 1 unspecified atom stereocenters. The third-order valence-electron chi connectivity index (χ3n) is 5.96. The van der Waals surface area contributed by atoms with E-state index in [4.69, 9.17) is 27.5 Å². The van der Waals surface area contributed by atoms with Gasteiger partial charge in [-0.05, 0) is 51.1 Å². The van der Waals surface area contributed by atoms with Gasteiger partial charge in [-0.3, -0.25) is 4.21 Å². The van der Waals surface area contributed by atoms with Crippen LogP contribution in [0.25, 0.3) is 11.4 Å². The fourth-order valence-electron chi connectivity index (χ4n) is 3.96. The zero-order chi connectivity index (χ0) is 26.0. The summed E-state index contributed by atoms with van der Waals surface area (Å²) in [4.78, 5) is 10.9. The quantitative estimate of drug-likeness (QED) is 0.422. The number of rotatable bonds is 7. The second kappa shape index (κ2) is 11.0. The van der Waals surface area contributed by atoms with Crippen molar-refractivity contribution in [3.63, 3.8) is 0 Å². The Kier molecular flexibility index (Phi) is 7.97. The van der Waals surface area contributed by atoms with E-state index in [1.807, 2.05) is 7.05 Å². The van der Waals surface area contributed by atoms with Crippen molar-refractivity contribution in [1.82, 2.24) is 14.9 Å². The van der Waals surface area contributed by atoms with Crippen LogP contribution in [0, 0.1) is 17.0 Å². The molecule has 1 atom stereocenters. The number of nitrogen functional groups attached to an aromatic ring is 1. The van der Waals surface area contributed by atoms with E-state index in [1.165, 1.54) is 24.3 Å². The second-order valence-corrected chi connectivity index (χ2v) is 10.6. The molecule has 36 heavy (non-hydrogen) atoms. The van der Waals surface area contributed by atoms with Crippen molar-refractivity contribution >= 4 is 33.9 Å². The van der Waals surface area contributed by atoms with E-state index in [0.29, 0.717) is 11.1 Å². The van der Waals surface area contributed by atoms with Gasteiger partial charge in [0.25, 0.3) is 0 Å². The number of likely N-dealkylation sites (tertiary alicyclic amines) is 1. The number of benzene rings is 2. The van der Waals surface area contributed by atoms with E-state index < -0.39 is 22.4 Å². The number of hydrogen-bond acceptors (Lipinski definition) is 7. The molecule has 0 bridgehead atoms. The van der Waals surface area contributed by atoms with E-state index in [2.05, 4.69) is 14.9 Å². The number of anilines is 1. The van der Waals surface area contributed by atoms with E-state index in [0.717, 1.165) is 32.0 Å². The summed E-state index contributed by atoms with van der Waals surface area (Å²) in [5.41, 5.74) is 7.11. The number of nitrogens with one attached hydrogen (secondary N) is 1. The van der Waals surface area contributed by atoms with Crippen LogP contribution in [0.5, 0.6) is 5.88 Å². The number of ether oxygens (including phenoxy) is 1. The van der Waals surface area contributed by atoms with Crippen molar-refractivity contribution in [2.45, 2.75) is 36.5 Å². The Labute approximate surface area is 215 Å². The van der Waals surface area contributed by atoms with Gasteiger partial charge in [-0.15, -0.1) is 0 Å². The van der Waals surface area contributed by atoms with E-state index in [-0.39, 0.29) is 50.6 Å². The zero-order valence-electron chi connectivity index (χ0n) is 19.9. The van der Waals surface area contributed by atoms with Gasteiger partial charge in [0.05, 0.1) is 27.0 Å². The molecule has 1 aliphatic heterocycles. The first kappa shape index (κ1) is 26.1. The minimum Gasteiger partial charge on any atom is -0.474 e. The summed E-state index contributed by atoms with van der Waals surface area (Å²) in [7, 11) is 0.207. The Morgan fingerprint density at radius 3 is 2.58 bits per heavy atom. The van der Waals surface area contributed by atoms with Gasteiger partial charge in [-0.2, -0.15) is 4.98 Å². The van der Waals surface area contributed by atoms with Crippen LogP contribution in [0.4, 0.5) is 14.6 Å². The molecule has 0 saturated carbocycles. The number of hydrogen-bond donors (Lipinski definition) is 2. The minimum atomic E-state index is -1.84. The SMILES string of the molecule is CC(=N)c1c(N)nc(-c2ccc(CS(=O)c3cc(Cl)ccc3F)c(F)c2)nc1OC1CCN(C)CC1. The highest BCUT2D eigenvalue weighted by Gasteiger charge is 2.24. The van der Waals surface area contributed by atoms with E-state index >= 15 is 0 Å². The molecule has 3 N–H and O–H groups in total. The molecule has 0 spiro atoms. The number of piperidine rings is 1. The van der Waals surface area contributed by atoms with Crippen LogP contribution in [0.2, 0.25) is 5.02 Å². The normalized spacial score (nSPS) is 15.6. The fraction of sp³-hybridized carbons (Fsp3) is 0.320. The Balaban J connectivity index is 1.61. The molecule has 0 amide bonds. The Morgan fingerprint density at radius 1 is 1.19 bits per heavy atom. The Bertz CT molecular complexity index is 1330. The molecule has 3 aromatic rings. The number of nitrogens with two attached hydrogens (primary N) is 1. The zero-order valence-corrected chi connectivity index (χ0v) is 21.4. The molecule has 1 aromatic heterocycles. The Morgan fingerprint density at radius 2 is 1.92 bits per heavy atom. The summed E-state index contributed by atoms with van der Waals surface area (Å²) in [5.74, 6) is -1.14. The molecular formula is C25H26ClF2N5O2S. The molecule has 4 rings (SSSR count). The second-order valence-electron chi connectivity index (χ2n) is 8.73. The van der Waals surface area contributed by atoms with Crippen molar-refractivity contribution in [3.05, 3.63) is 64.2 Å². The van der Waals surface area contributed by atoms with Crippen LogP contribution in [-0.2, 0) is 16.6 Å². The summed E-state index contributed by atoms with van der Waals surface area (Å²) in [5, 5.41) is 8.34. The standard InChI is InChI=1S/C25H26ClF2N5O2S/c1-14(29)22-23(30)31-24(32-25(22)35-18-7-9-33(2)10-8-18)15-3-4-16(20(28)11-15)13-36(34)21-12-17(26)5-6-19(21)27/h3-6,11-12,18,29H,7-10,13H2,1-2H3,(H2,30,31,32). The van der Waals surface area contributed by atoms with Gasteiger partial charge in [0.2, 0.25) is 5.88 Å². The van der Waals surface area contributed by atoms with Crippen LogP contribution in [0.3, 0.4) is 0 Å². The first-order valence-corrected chi connectivity index (χ1v) is 13.0. The van der Waals surface area contributed by atoms with E-state index in [9.17, 15) is 13.0 Å². The maximum absolute atomic E-state index is 15.0. The maximum Gasteiger partial charge on any atom is 0.228 e. The van der Waals surface area contributed by atoms with Gasteiger partial charge in [0.15, 0.2) is 5.82 Å². The molecule has 190 valence electrons. The lowest BCUT2D eigenvalue weighted by atomic mass is 10.1. The molecule has 1 fully saturated rings. The van der Waals surface area contributed by atoms with Crippen molar-refractivity contribution in [1.29, 1.82) is 5.41 Å². The van der Waals surface area contributed by atoms with Gasteiger partial charge in [-0.1, -0.05) is 23.7 Å². The number of halogens is 3. The highest BCUT2D eigenvalue weighted by Crippen LogP contribution is 2.30. The summed E-state index contributed by atoms with van der Waals surface area (Å²) >= 11 is 5.88. The maximum atomic E-state index is 15.0. The lowest BCUT2D eigenvalue weighted by molar-refractivity contribution is 0.110. The summed E-state index contributed by atoms with van der Waals surface area (Å²) in [6.07, 6.45) is 1.53. The largest absolute Gasteiger partial charge is 0.474 e. The highest BCUT2D eigenvalue weighted by molar-refractivity contribution is 7.84. The predicted molar refractivity (Wildman–Crippen MR) is 137 cm³/mol. The first-order chi connectivity index (χ1) is 17.1. The van der Waals surface area contributed by atoms with Crippen LogP contribution in [0.1, 0.15) is 30.9 Å². The fourth-order valence-corrected chi connectivity index (χ4v) is 5.41. The first-order valence-electron chi connectivity index (χ1n) is 11.3. The molecule has 11 heteroatoms. The Hall–Kier alpha value is -2.95. The molecule has 2 heterocycles. The predicted octanol–water partition coefficient (Wildman–Crippen LogP) is 4.83. The number of aromatic nitrogens is 2. The van der Waals surface area contributed by atoms with E-state index in [1.54, 1.807) is 13.0 Å².